The molecule has 0 aromatic heterocycles. The molecule has 1 atom stereocenters. The molecule has 0 saturated carbocycles. The van der Waals surface area contributed by atoms with Crippen molar-refractivity contribution >= 4 is 17.4 Å². The minimum absolute atomic E-state index is 0.0408. The molecule has 0 aliphatic carbocycles. The zero-order valence-electron chi connectivity index (χ0n) is 17.0. The van der Waals surface area contributed by atoms with Crippen LogP contribution in [0.25, 0.3) is 11.1 Å². The molecular formula is C25H26N2O3. The number of ketones is 1. The minimum Gasteiger partial charge on any atom is -0.394 e. The van der Waals surface area contributed by atoms with Crippen LogP contribution in [0.15, 0.2) is 78.9 Å². The number of hydrogen-bond acceptors (Lipinski definition) is 4. The number of Topliss-reactive ketones (excluding diaryl/α,β-unsaturated/α-hetero) is 1. The van der Waals surface area contributed by atoms with Crippen molar-refractivity contribution in [2.24, 2.45) is 5.73 Å². The number of hydrogen-bond donors (Lipinski definition) is 3. The highest BCUT2D eigenvalue weighted by Crippen LogP contribution is 2.20. The Bertz CT molecular complexity index is 995. The first-order valence-electron chi connectivity index (χ1n) is 9.88. The smallest absolute Gasteiger partial charge is 0.246 e. The molecule has 4 N–H and O–H groups in total. The van der Waals surface area contributed by atoms with E-state index < -0.39 is 18.1 Å². The standard InChI is InChI=1S/C25H26N2O3/c1-25(26,17-28)24(30)27-22-14-12-21(13-15-22)23(29)16-9-18-7-10-20(11-8-18)19-5-3-2-4-6-19/h2-8,10-15,28H,9,16-17,26H2,1H3,(H,27,30). The first-order chi connectivity index (χ1) is 14.4. The summed E-state index contributed by atoms with van der Waals surface area (Å²) in [5.74, 6) is -0.443. The van der Waals surface area contributed by atoms with Crippen LogP contribution in [0.2, 0.25) is 0 Å². The van der Waals surface area contributed by atoms with Crippen LogP contribution in [0.3, 0.4) is 0 Å². The third-order valence-corrected chi connectivity index (χ3v) is 5.01. The number of nitrogens with two attached hydrogens (primary N) is 1. The molecule has 0 heterocycles. The van der Waals surface area contributed by atoms with Gasteiger partial charge in [0.25, 0.3) is 0 Å². The second-order valence-electron chi connectivity index (χ2n) is 7.59. The Morgan fingerprint density at radius 1 is 0.900 bits per heavy atom. The van der Waals surface area contributed by atoms with Gasteiger partial charge in [-0.05, 0) is 54.3 Å². The molecule has 0 aliphatic heterocycles. The number of nitrogens with one attached hydrogen (secondary N) is 1. The summed E-state index contributed by atoms with van der Waals surface area (Å²) in [6.45, 7) is 0.994. The normalized spacial score (nSPS) is 12.8. The summed E-state index contributed by atoms with van der Waals surface area (Å²) in [5.41, 5.74) is 8.89. The van der Waals surface area contributed by atoms with Crippen LogP contribution < -0.4 is 11.1 Å². The third-order valence-electron chi connectivity index (χ3n) is 5.01. The lowest BCUT2D eigenvalue weighted by molar-refractivity contribution is -0.121. The molecule has 3 aromatic carbocycles. The average molecular weight is 402 g/mol. The molecule has 0 aliphatic rings. The number of aliphatic hydroxyl groups excluding tert-OH is 1. The number of anilines is 1. The van der Waals surface area contributed by atoms with Gasteiger partial charge in [-0.15, -0.1) is 0 Å². The molecule has 0 bridgehead atoms. The molecule has 1 unspecified atom stereocenters. The molecule has 30 heavy (non-hydrogen) atoms. The summed E-state index contributed by atoms with van der Waals surface area (Å²) in [7, 11) is 0. The molecule has 0 fully saturated rings. The molecule has 0 saturated heterocycles. The Labute approximate surface area is 176 Å². The zero-order valence-corrected chi connectivity index (χ0v) is 17.0. The highest BCUT2D eigenvalue weighted by atomic mass is 16.3. The van der Waals surface area contributed by atoms with Crippen molar-refractivity contribution in [2.75, 3.05) is 11.9 Å². The Kier molecular flexibility index (Phi) is 6.77. The highest BCUT2D eigenvalue weighted by molar-refractivity contribution is 5.99. The van der Waals surface area contributed by atoms with Gasteiger partial charge in [0, 0.05) is 17.7 Å². The number of aryl methyl sites for hydroxylation is 1. The fourth-order valence-electron chi connectivity index (χ4n) is 2.98. The van der Waals surface area contributed by atoms with E-state index in [9.17, 15) is 9.59 Å². The van der Waals surface area contributed by atoms with Crippen molar-refractivity contribution in [1.82, 2.24) is 0 Å². The van der Waals surface area contributed by atoms with E-state index in [0.717, 1.165) is 11.1 Å². The number of rotatable bonds is 8. The van der Waals surface area contributed by atoms with E-state index in [2.05, 4.69) is 41.7 Å². The quantitative estimate of drug-likeness (QED) is 0.500. The predicted molar refractivity (Wildman–Crippen MR) is 119 cm³/mol. The van der Waals surface area contributed by atoms with Gasteiger partial charge >= 0.3 is 0 Å². The van der Waals surface area contributed by atoms with Crippen LogP contribution in [0, 0.1) is 0 Å². The summed E-state index contributed by atoms with van der Waals surface area (Å²) < 4.78 is 0. The number of carbonyl (C=O) groups excluding carboxylic acids is 2. The predicted octanol–water partition coefficient (Wildman–Crippen LogP) is 3.82. The Morgan fingerprint density at radius 3 is 2.10 bits per heavy atom. The molecule has 1 amide bonds. The fourth-order valence-corrected chi connectivity index (χ4v) is 2.98. The van der Waals surface area contributed by atoms with Crippen molar-refractivity contribution in [3.05, 3.63) is 90.0 Å². The van der Waals surface area contributed by atoms with Crippen molar-refractivity contribution in [2.45, 2.75) is 25.3 Å². The van der Waals surface area contributed by atoms with Gasteiger partial charge in [0.15, 0.2) is 5.78 Å². The van der Waals surface area contributed by atoms with Crippen molar-refractivity contribution in [1.29, 1.82) is 0 Å². The van der Waals surface area contributed by atoms with E-state index >= 15 is 0 Å². The van der Waals surface area contributed by atoms with Crippen molar-refractivity contribution in [3.63, 3.8) is 0 Å². The average Bonchev–Trinajstić information content (AvgIpc) is 2.79. The lowest BCUT2D eigenvalue weighted by Crippen LogP contribution is -2.51. The van der Waals surface area contributed by atoms with Gasteiger partial charge in [0.1, 0.15) is 5.54 Å². The molecule has 0 radical (unpaired) electrons. The summed E-state index contributed by atoms with van der Waals surface area (Å²) in [6, 6.07) is 25.1. The molecular weight excluding hydrogens is 376 g/mol. The topological polar surface area (TPSA) is 92.4 Å². The van der Waals surface area contributed by atoms with Crippen LogP contribution in [0.4, 0.5) is 5.69 Å². The van der Waals surface area contributed by atoms with E-state index in [1.54, 1.807) is 24.3 Å². The highest BCUT2D eigenvalue weighted by Gasteiger charge is 2.27. The lowest BCUT2D eigenvalue weighted by Gasteiger charge is -2.20. The molecule has 3 rings (SSSR count). The Hall–Kier alpha value is -3.28. The first-order valence-corrected chi connectivity index (χ1v) is 9.88. The van der Waals surface area contributed by atoms with Gasteiger partial charge in [0.2, 0.25) is 5.91 Å². The lowest BCUT2D eigenvalue weighted by atomic mass is 9.99. The maximum absolute atomic E-state index is 12.5. The van der Waals surface area contributed by atoms with Gasteiger partial charge in [-0.1, -0.05) is 54.6 Å². The van der Waals surface area contributed by atoms with E-state index in [0.29, 0.717) is 24.1 Å². The van der Waals surface area contributed by atoms with Crippen molar-refractivity contribution < 1.29 is 14.7 Å². The van der Waals surface area contributed by atoms with Crippen LogP contribution in [-0.4, -0.2) is 28.9 Å². The second kappa shape index (κ2) is 9.48. The first kappa shape index (κ1) is 21.4. The van der Waals surface area contributed by atoms with Crippen LogP contribution in [0.1, 0.15) is 29.3 Å². The summed E-state index contributed by atoms with van der Waals surface area (Å²) in [6.07, 6.45) is 1.07. The summed E-state index contributed by atoms with van der Waals surface area (Å²) in [4.78, 5) is 24.5. The van der Waals surface area contributed by atoms with Gasteiger partial charge in [0.05, 0.1) is 6.61 Å². The van der Waals surface area contributed by atoms with Crippen molar-refractivity contribution in [3.8, 4) is 11.1 Å². The van der Waals surface area contributed by atoms with Gasteiger partial charge in [-0.25, -0.2) is 0 Å². The zero-order chi connectivity index (χ0) is 21.6. The monoisotopic (exact) mass is 402 g/mol. The summed E-state index contributed by atoms with van der Waals surface area (Å²) in [5, 5.41) is 11.8. The van der Waals surface area contributed by atoms with Crippen LogP contribution >= 0.6 is 0 Å². The van der Waals surface area contributed by atoms with Gasteiger partial charge in [-0.3, -0.25) is 9.59 Å². The number of carbonyl (C=O) groups is 2. The Balaban J connectivity index is 1.55. The fraction of sp³-hybridized carbons (Fsp3) is 0.200. The largest absolute Gasteiger partial charge is 0.394 e. The minimum atomic E-state index is -1.36. The molecule has 0 spiro atoms. The van der Waals surface area contributed by atoms with Crippen LogP contribution in [0.5, 0.6) is 0 Å². The number of aliphatic hydroxyl groups is 1. The SMILES string of the molecule is CC(N)(CO)C(=O)Nc1ccc(C(=O)CCc2ccc(-c3ccccc3)cc2)cc1. The van der Waals surface area contributed by atoms with E-state index in [-0.39, 0.29) is 5.78 Å². The Morgan fingerprint density at radius 2 is 1.50 bits per heavy atom. The molecule has 5 heteroatoms. The molecule has 154 valence electrons. The van der Waals surface area contributed by atoms with Crippen LogP contribution in [-0.2, 0) is 11.2 Å². The third kappa shape index (κ3) is 5.41. The number of amides is 1. The van der Waals surface area contributed by atoms with E-state index in [1.807, 2.05) is 18.2 Å². The molecule has 3 aromatic rings. The summed E-state index contributed by atoms with van der Waals surface area (Å²) >= 11 is 0. The van der Waals surface area contributed by atoms with E-state index in [1.165, 1.54) is 12.5 Å². The maximum Gasteiger partial charge on any atom is 0.246 e. The number of benzene rings is 3. The molecule has 5 nitrogen and oxygen atoms in total. The second-order valence-corrected chi connectivity index (χ2v) is 7.59. The van der Waals surface area contributed by atoms with Gasteiger partial charge < -0.3 is 16.2 Å². The van der Waals surface area contributed by atoms with E-state index in [4.69, 9.17) is 10.8 Å². The maximum atomic E-state index is 12.5. The van der Waals surface area contributed by atoms with Gasteiger partial charge in [-0.2, -0.15) is 0 Å².